The van der Waals surface area contributed by atoms with E-state index in [1.165, 1.54) is 39.1 Å². The van der Waals surface area contributed by atoms with E-state index in [1.807, 2.05) is 0 Å². The third kappa shape index (κ3) is 3.82. The summed E-state index contributed by atoms with van der Waals surface area (Å²) in [4.78, 5) is 14.8. The predicted molar refractivity (Wildman–Crippen MR) is 100 cm³/mol. The SMILES string of the molecule is COc1cc(C(=O)Nc2nnc(N3CCCCC3)s2)cc(OC)c1OC. The number of nitrogens with one attached hydrogen (secondary N) is 1. The van der Waals surface area contributed by atoms with Crippen molar-refractivity contribution in [1.82, 2.24) is 10.2 Å². The molecule has 1 aliphatic rings. The van der Waals surface area contributed by atoms with Crippen LogP contribution in [0, 0.1) is 0 Å². The van der Waals surface area contributed by atoms with Gasteiger partial charge >= 0.3 is 0 Å². The Labute approximate surface area is 156 Å². The predicted octanol–water partition coefficient (Wildman–Crippen LogP) is 2.81. The Balaban J connectivity index is 1.76. The fourth-order valence-corrected chi connectivity index (χ4v) is 3.65. The first-order chi connectivity index (χ1) is 12.7. The Morgan fingerprint density at radius 3 is 2.27 bits per heavy atom. The molecule has 0 radical (unpaired) electrons. The van der Waals surface area contributed by atoms with Crippen LogP contribution in [0.15, 0.2) is 12.1 Å². The molecule has 1 aromatic heterocycles. The molecule has 3 rings (SSSR count). The largest absolute Gasteiger partial charge is 0.493 e. The Hall–Kier alpha value is -2.55. The molecule has 2 aromatic rings. The average molecular weight is 378 g/mol. The minimum absolute atomic E-state index is 0.314. The molecule has 0 atom stereocenters. The van der Waals surface area contributed by atoms with Crippen LogP contribution >= 0.6 is 11.3 Å². The van der Waals surface area contributed by atoms with Gasteiger partial charge in [-0.3, -0.25) is 10.1 Å². The van der Waals surface area contributed by atoms with E-state index in [4.69, 9.17) is 14.2 Å². The zero-order valence-electron chi connectivity index (χ0n) is 15.1. The number of nitrogens with zero attached hydrogens (tertiary/aromatic N) is 3. The maximum Gasteiger partial charge on any atom is 0.257 e. The molecule has 1 aliphatic heterocycles. The molecule has 140 valence electrons. The van der Waals surface area contributed by atoms with Crippen LogP contribution in [0.4, 0.5) is 10.3 Å². The first kappa shape index (κ1) is 18.2. The number of hydrogen-bond acceptors (Lipinski definition) is 8. The highest BCUT2D eigenvalue weighted by molar-refractivity contribution is 7.19. The van der Waals surface area contributed by atoms with Crippen LogP contribution < -0.4 is 24.4 Å². The van der Waals surface area contributed by atoms with Gasteiger partial charge in [-0.05, 0) is 31.4 Å². The molecule has 1 saturated heterocycles. The lowest BCUT2D eigenvalue weighted by Crippen LogP contribution is -2.29. The smallest absolute Gasteiger partial charge is 0.257 e. The van der Waals surface area contributed by atoms with Crippen LogP contribution in [-0.2, 0) is 0 Å². The van der Waals surface area contributed by atoms with E-state index in [2.05, 4.69) is 20.4 Å². The number of ether oxygens (including phenoxy) is 3. The van der Waals surface area contributed by atoms with Crippen molar-refractivity contribution in [3.05, 3.63) is 17.7 Å². The number of rotatable bonds is 6. The minimum atomic E-state index is -0.314. The molecular formula is C17H22N4O4S. The van der Waals surface area contributed by atoms with Crippen LogP contribution in [0.2, 0.25) is 0 Å². The molecule has 0 spiro atoms. The summed E-state index contributed by atoms with van der Waals surface area (Å²) < 4.78 is 15.8. The van der Waals surface area contributed by atoms with Crippen LogP contribution in [0.5, 0.6) is 17.2 Å². The van der Waals surface area contributed by atoms with Gasteiger partial charge in [-0.1, -0.05) is 11.3 Å². The molecule has 0 bridgehead atoms. The number of anilines is 2. The summed E-state index contributed by atoms with van der Waals surface area (Å²) in [6, 6.07) is 3.20. The number of carbonyl (C=O) groups excluding carboxylic acids is 1. The lowest BCUT2D eigenvalue weighted by atomic mass is 10.1. The molecule has 0 saturated carbocycles. The van der Waals surface area contributed by atoms with E-state index < -0.39 is 0 Å². The van der Waals surface area contributed by atoms with E-state index in [9.17, 15) is 4.79 Å². The van der Waals surface area contributed by atoms with Crippen LogP contribution in [0.25, 0.3) is 0 Å². The first-order valence-corrected chi connectivity index (χ1v) is 9.17. The Morgan fingerprint density at radius 2 is 1.69 bits per heavy atom. The zero-order chi connectivity index (χ0) is 18.5. The van der Waals surface area contributed by atoms with Crippen molar-refractivity contribution < 1.29 is 19.0 Å². The van der Waals surface area contributed by atoms with Crippen molar-refractivity contribution in [3.8, 4) is 17.2 Å². The Kier molecular flexibility index (Phi) is 5.77. The van der Waals surface area contributed by atoms with Gasteiger partial charge in [0.1, 0.15) is 0 Å². The summed E-state index contributed by atoms with van der Waals surface area (Å²) in [7, 11) is 4.53. The Bertz CT molecular complexity index is 749. The molecule has 1 fully saturated rings. The van der Waals surface area contributed by atoms with Crippen molar-refractivity contribution in [2.24, 2.45) is 0 Å². The molecule has 1 N–H and O–H groups in total. The van der Waals surface area contributed by atoms with Crippen LogP contribution in [-0.4, -0.2) is 50.5 Å². The highest BCUT2D eigenvalue weighted by atomic mass is 32.1. The van der Waals surface area contributed by atoms with Crippen molar-refractivity contribution in [3.63, 3.8) is 0 Å². The molecule has 1 aromatic carbocycles. The fourth-order valence-electron chi connectivity index (χ4n) is 2.86. The number of amides is 1. The number of hydrogen-bond donors (Lipinski definition) is 1. The quantitative estimate of drug-likeness (QED) is 0.827. The first-order valence-electron chi connectivity index (χ1n) is 8.36. The standard InChI is InChI=1S/C17H22N4O4S/c1-23-12-9-11(10-13(24-2)14(12)25-3)15(22)18-16-19-20-17(26-16)21-7-5-4-6-8-21/h9-10H,4-8H2,1-3H3,(H,18,19,22). The fraction of sp³-hybridized carbons (Fsp3) is 0.471. The molecule has 9 heteroatoms. The molecule has 0 unspecified atom stereocenters. The van der Waals surface area contributed by atoms with Gasteiger partial charge in [0.2, 0.25) is 16.0 Å². The lowest BCUT2D eigenvalue weighted by molar-refractivity contribution is 0.102. The summed E-state index contributed by atoms with van der Waals surface area (Å²) in [5.41, 5.74) is 0.384. The van der Waals surface area contributed by atoms with Crippen molar-refractivity contribution in [2.75, 3.05) is 44.6 Å². The van der Waals surface area contributed by atoms with Gasteiger partial charge in [0.05, 0.1) is 21.3 Å². The van der Waals surface area contributed by atoms with Gasteiger partial charge in [-0.25, -0.2) is 0 Å². The molecule has 0 aliphatic carbocycles. The van der Waals surface area contributed by atoms with Gasteiger partial charge in [0.25, 0.3) is 5.91 Å². The maximum absolute atomic E-state index is 12.6. The van der Waals surface area contributed by atoms with Gasteiger partial charge in [-0.15, -0.1) is 10.2 Å². The number of methoxy groups -OCH3 is 3. The van der Waals surface area contributed by atoms with Crippen LogP contribution in [0.3, 0.4) is 0 Å². The van der Waals surface area contributed by atoms with Crippen LogP contribution in [0.1, 0.15) is 29.6 Å². The second-order valence-corrected chi connectivity index (χ2v) is 6.76. The van der Waals surface area contributed by atoms with Gasteiger partial charge < -0.3 is 19.1 Å². The molecule has 8 nitrogen and oxygen atoms in total. The van der Waals surface area contributed by atoms with Crippen molar-refractivity contribution in [2.45, 2.75) is 19.3 Å². The highest BCUT2D eigenvalue weighted by Gasteiger charge is 2.19. The monoisotopic (exact) mass is 378 g/mol. The number of carbonyl (C=O) groups is 1. The van der Waals surface area contributed by atoms with E-state index in [1.54, 1.807) is 12.1 Å². The van der Waals surface area contributed by atoms with E-state index in [0.717, 1.165) is 31.1 Å². The minimum Gasteiger partial charge on any atom is -0.493 e. The van der Waals surface area contributed by atoms with Gasteiger partial charge in [-0.2, -0.15) is 0 Å². The van der Waals surface area contributed by atoms with Crippen molar-refractivity contribution in [1.29, 1.82) is 0 Å². The third-order valence-corrected chi connectivity index (χ3v) is 5.09. The lowest BCUT2D eigenvalue weighted by Gasteiger charge is -2.25. The normalized spacial score (nSPS) is 14.0. The summed E-state index contributed by atoms with van der Waals surface area (Å²) in [6.45, 7) is 1.96. The van der Waals surface area contributed by atoms with E-state index in [0.29, 0.717) is 27.9 Å². The van der Waals surface area contributed by atoms with E-state index in [-0.39, 0.29) is 5.91 Å². The second-order valence-electron chi connectivity index (χ2n) is 5.81. The third-order valence-electron chi connectivity index (χ3n) is 4.19. The summed E-state index contributed by atoms with van der Waals surface area (Å²) in [6.07, 6.45) is 3.57. The molecular weight excluding hydrogens is 356 g/mol. The van der Waals surface area contributed by atoms with E-state index >= 15 is 0 Å². The summed E-state index contributed by atoms with van der Waals surface area (Å²) in [5, 5.41) is 12.4. The maximum atomic E-state index is 12.6. The molecule has 1 amide bonds. The van der Waals surface area contributed by atoms with Crippen molar-refractivity contribution >= 4 is 27.5 Å². The average Bonchev–Trinajstić information content (AvgIpc) is 3.15. The zero-order valence-corrected chi connectivity index (χ0v) is 15.9. The number of benzene rings is 1. The topological polar surface area (TPSA) is 85.8 Å². The molecule has 2 heterocycles. The van der Waals surface area contributed by atoms with Gasteiger partial charge in [0.15, 0.2) is 11.5 Å². The highest BCUT2D eigenvalue weighted by Crippen LogP contribution is 2.38. The summed E-state index contributed by atoms with van der Waals surface area (Å²) in [5.74, 6) is 0.965. The van der Waals surface area contributed by atoms with Gasteiger partial charge in [0, 0.05) is 18.7 Å². The molecule has 26 heavy (non-hydrogen) atoms. The summed E-state index contributed by atoms with van der Waals surface area (Å²) >= 11 is 1.37. The second kappa shape index (κ2) is 8.22. The number of piperidine rings is 1. The Morgan fingerprint density at radius 1 is 1.04 bits per heavy atom. The number of aromatic nitrogens is 2.